The van der Waals surface area contributed by atoms with Crippen molar-refractivity contribution in [3.8, 4) is 5.75 Å². The van der Waals surface area contributed by atoms with Crippen molar-refractivity contribution >= 4 is 29.5 Å². The minimum atomic E-state index is -1.89. The van der Waals surface area contributed by atoms with Gasteiger partial charge in [0.15, 0.2) is 0 Å². The van der Waals surface area contributed by atoms with Crippen LogP contribution in [0.25, 0.3) is 0 Å². The second-order valence-electron chi connectivity index (χ2n) is 9.31. The molecule has 1 unspecified atom stereocenters. The Balaban J connectivity index is 1.21. The second-order valence-corrected chi connectivity index (χ2v) is 9.31. The van der Waals surface area contributed by atoms with E-state index in [1.807, 2.05) is 0 Å². The van der Waals surface area contributed by atoms with Gasteiger partial charge in [0.25, 0.3) is 5.91 Å². The number of hydrogen-bond donors (Lipinski definition) is 2. The molecule has 2 aromatic carbocycles. The molecule has 0 bridgehead atoms. The first-order valence-corrected chi connectivity index (χ1v) is 12.6. The maximum atomic E-state index is 14.6. The van der Waals surface area contributed by atoms with E-state index < -0.39 is 29.6 Å². The molecular weight excluding hydrogens is 495 g/mol. The number of nitrogens with one attached hydrogen (secondary N) is 2. The largest absolute Gasteiger partial charge is 0.490 e. The van der Waals surface area contributed by atoms with Crippen LogP contribution in [0.5, 0.6) is 5.75 Å². The van der Waals surface area contributed by atoms with Crippen LogP contribution in [0.15, 0.2) is 36.4 Å². The van der Waals surface area contributed by atoms with Crippen LogP contribution in [0.1, 0.15) is 48.5 Å². The quantitative estimate of drug-likeness (QED) is 0.402. The molecule has 200 valence electrons. The number of hydrogen-bond acceptors (Lipinski definition) is 7. The van der Waals surface area contributed by atoms with Crippen molar-refractivity contribution in [3.63, 3.8) is 0 Å². The highest BCUT2D eigenvalue weighted by Crippen LogP contribution is 2.32. The number of amides is 4. The highest BCUT2D eigenvalue weighted by atomic mass is 19.1. The zero-order valence-electron chi connectivity index (χ0n) is 21.8. The molecule has 3 aliphatic rings. The van der Waals surface area contributed by atoms with Gasteiger partial charge in [-0.2, -0.15) is 0 Å². The van der Waals surface area contributed by atoms with Crippen molar-refractivity contribution in [1.29, 1.82) is 0 Å². The summed E-state index contributed by atoms with van der Waals surface area (Å²) in [4.78, 5) is 51.9. The summed E-state index contributed by atoms with van der Waals surface area (Å²) in [7, 11) is 0. The summed E-state index contributed by atoms with van der Waals surface area (Å²) in [5, 5.41) is 5.30. The number of rotatable bonds is 8. The van der Waals surface area contributed by atoms with E-state index in [0.29, 0.717) is 41.2 Å². The summed E-state index contributed by atoms with van der Waals surface area (Å²) < 4.78 is 34.1. The van der Waals surface area contributed by atoms with Crippen LogP contribution in [0, 0.1) is 5.82 Å². The third kappa shape index (κ3) is 5.41. The van der Waals surface area contributed by atoms with Crippen molar-refractivity contribution in [1.82, 2.24) is 15.1 Å². The Hall–Kier alpha value is -4.15. The summed E-state index contributed by atoms with van der Waals surface area (Å²) in [6.07, 6.45) is 1.47. The molecule has 10 nitrogen and oxygen atoms in total. The zero-order chi connectivity index (χ0) is 27.6. The lowest BCUT2D eigenvalue weighted by Crippen LogP contribution is -2.52. The van der Waals surface area contributed by atoms with Gasteiger partial charge in [-0.15, -0.1) is 0 Å². The first-order chi connectivity index (χ1) is 18.8. The van der Waals surface area contributed by atoms with Gasteiger partial charge in [-0.3, -0.25) is 19.7 Å². The summed E-state index contributed by atoms with van der Waals surface area (Å²) in [6, 6.07) is 7.47. The van der Waals surface area contributed by atoms with Crippen molar-refractivity contribution in [2.24, 2.45) is 0 Å². The lowest BCUT2D eigenvalue weighted by molar-refractivity contribution is -0.136. The number of likely N-dealkylation sites (tertiary alicyclic amines) is 1. The van der Waals surface area contributed by atoms with Crippen molar-refractivity contribution < 1.29 is 34.4 Å². The number of carbonyl (C=O) groups is 4. The van der Waals surface area contributed by atoms with E-state index in [1.165, 1.54) is 12.1 Å². The number of halogens is 1. The zero-order valence-corrected chi connectivity index (χ0v) is 20.8. The molecule has 2 aromatic rings. The van der Waals surface area contributed by atoms with E-state index in [1.54, 1.807) is 29.2 Å². The van der Waals surface area contributed by atoms with Crippen LogP contribution in [-0.4, -0.2) is 65.9 Å². The van der Waals surface area contributed by atoms with Gasteiger partial charge >= 0.3 is 6.09 Å². The monoisotopic (exact) mass is 525 g/mol. The van der Waals surface area contributed by atoms with Crippen molar-refractivity contribution in [2.75, 3.05) is 31.6 Å². The summed E-state index contributed by atoms with van der Waals surface area (Å²) in [5.41, 5.74) is 1.82. The van der Waals surface area contributed by atoms with Crippen LogP contribution in [-0.2, 0) is 27.4 Å². The third-order valence-corrected chi connectivity index (χ3v) is 6.83. The number of nitrogens with zero attached hydrogens (tertiary/aromatic N) is 2. The predicted molar refractivity (Wildman–Crippen MR) is 134 cm³/mol. The molecule has 2 saturated heterocycles. The molecular formula is C27H29FN4O6. The van der Waals surface area contributed by atoms with Gasteiger partial charge in [0.2, 0.25) is 11.8 Å². The Morgan fingerprint density at radius 2 is 1.97 bits per heavy atom. The topological polar surface area (TPSA) is 117 Å². The van der Waals surface area contributed by atoms with E-state index in [-0.39, 0.29) is 45.2 Å². The molecule has 0 aromatic heterocycles. The molecule has 0 saturated carbocycles. The summed E-state index contributed by atoms with van der Waals surface area (Å²) in [5.74, 6) is -1.79. The first-order valence-electron chi connectivity index (χ1n) is 13.1. The van der Waals surface area contributed by atoms with Crippen molar-refractivity contribution in [3.05, 3.63) is 58.9 Å². The van der Waals surface area contributed by atoms with Gasteiger partial charge in [0.1, 0.15) is 30.8 Å². The fourth-order valence-electron chi connectivity index (χ4n) is 4.83. The molecule has 3 heterocycles. The lowest BCUT2D eigenvalue weighted by atomic mass is 10.0. The minimum Gasteiger partial charge on any atom is -0.490 e. The highest BCUT2D eigenvalue weighted by Gasteiger charge is 2.39. The van der Waals surface area contributed by atoms with Crippen LogP contribution in [0.2, 0.25) is 0 Å². The molecule has 2 fully saturated rings. The Labute approximate surface area is 220 Å². The van der Waals surface area contributed by atoms with Crippen LogP contribution >= 0.6 is 0 Å². The minimum absolute atomic E-state index is 0.00420. The number of piperidine rings is 1. The molecule has 11 heteroatoms. The number of imide groups is 1. The van der Waals surface area contributed by atoms with E-state index in [0.717, 1.165) is 17.7 Å². The van der Waals surface area contributed by atoms with Gasteiger partial charge in [0, 0.05) is 55.0 Å². The predicted octanol–water partition coefficient (Wildman–Crippen LogP) is 2.81. The van der Waals surface area contributed by atoms with E-state index in [9.17, 15) is 23.6 Å². The van der Waals surface area contributed by atoms with Gasteiger partial charge in [0.05, 0.1) is 1.37 Å². The molecule has 0 aliphatic carbocycles. The fourth-order valence-corrected chi connectivity index (χ4v) is 4.83. The fraction of sp³-hybridized carbons (Fsp3) is 0.407. The number of ether oxygens (including phenoxy) is 2. The smallest absolute Gasteiger partial charge is 0.409 e. The van der Waals surface area contributed by atoms with Gasteiger partial charge < -0.3 is 24.6 Å². The number of fused-ring (bicyclic) bond motifs is 1. The van der Waals surface area contributed by atoms with E-state index in [4.69, 9.17) is 10.8 Å². The van der Waals surface area contributed by atoms with Crippen LogP contribution < -0.4 is 15.4 Å². The number of benzene rings is 2. The summed E-state index contributed by atoms with van der Waals surface area (Å²) >= 11 is 0. The van der Waals surface area contributed by atoms with Gasteiger partial charge in [-0.1, -0.05) is 6.07 Å². The maximum Gasteiger partial charge on any atom is 0.409 e. The average Bonchev–Trinajstić information content (AvgIpc) is 3.58. The molecule has 0 spiro atoms. The highest BCUT2D eigenvalue weighted by molar-refractivity contribution is 6.06. The van der Waals surface area contributed by atoms with Gasteiger partial charge in [-0.25, -0.2) is 9.18 Å². The van der Waals surface area contributed by atoms with E-state index >= 15 is 0 Å². The van der Waals surface area contributed by atoms with Crippen LogP contribution in [0.3, 0.4) is 0 Å². The third-order valence-electron chi connectivity index (χ3n) is 6.83. The molecule has 3 aliphatic heterocycles. The molecule has 1 atom stereocenters. The molecule has 38 heavy (non-hydrogen) atoms. The Kier molecular flexibility index (Phi) is 7.05. The molecule has 2 N–H and O–H groups in total. The maximum absolute atomic E-state index is 14.6. The van der Waals surface area contributed by atoms with Crippen molar-refractivity contribution in [2.45, 2.75) is 44.8 Å². The van der Waals surface area contributed by atoms with Gasteiger partial charge in [-0.05, 0) is 49.6 Å². The molecule has 5 rings (SSSR count). The standard InChI is InChI=1S/C27H29FN4O6/c28-21-7-6-18(37-12-13-38-27(36)31-10-1-2-11-31)14-17(21)15-29-22-5-3-4-19-20(22)16-32(26(19)35)23-8-9-24(33)30-25(23)34/h3-7,14,23,29H,1-2,8-13,15-16H2,(H,30,33,34)/i23D. The van der Waals surface area contributed by atoms with E-state index in [2.05, 4.69) is 10.6 Å². The Morgan fingerprint density at radius 1 is 1.16 bits per heavy atom. The number of carbonyl (C=O) groups excluding carboxylic acids is 4. The Morgan fingerprint density at radius 3 is 2.76 bits per heavy atom. The van der Waals surface area contributed by atoms with Crippen LogP contribution in [0.4, 0.5) is 14.9 Å². The summed E-state index contributed by atoms with van der Waals surface area (Å²) in [6.45, 7) is 1.68. The number of anilines is 1. The Bertz CT molecular complexity index is 1320. The lowest BCUT2D eigenvalue weighted by Gasteiger charge is -2.29. The second kappa shape index (κ2) is 11.1. The first kappa shape index (κ1) is 24.2. The SMILES string of the molecule is [2H]C1(N2Cc3c(NCc4cc(OCCOC(=O)N5CCCC5)ccc4F)cccc3C2=O)CCC(=O)NC1=O. The molecule has 0 radical (unpaired) electrons. The molecule has 4 amide bonds. The normalized spacial score (nSPS) is 21.2. The average molecular weight is 526 g/mol.